The fourth-order valence-electron chi connectivity index (χ4n) is 7.50. The number of fused-ring (bicyclic) bond motifs is 6. The van der Waals surface area contributed by atoms with Crippen LogP contribution < -0.4 is 4.90 Å². The highest BCUT2D eigenvalue weighted by atomic mass is 16.3. The van der Waals surface area contributed by atoms with Crippen molar-refractivity contribution in [2.45, 2.75) is 0 Å². The monoisotopic (exact) mass is 612 g/mol. The van der Waals surface area contributed by atoms with E-state index in [0.717, 1.165) is 39.1 Å². The van der Waals surface area contributed by atoms with Gasteiger partial charge in [0.1, 0.15) is 17.0 Å². The Morgan fingerprint density at radius 1 is 0.375 bits per heavy atom. The lowest BCUT2D eigenvalue weighted by molar-refractivity contribution is 0.668. The maximum atomic E-state index is 6.29. The van der Waals surface area contributed by atoms with Gasteiger partial charge in [0, 0.05) is 23.0 Å². The number of aromatic nitrogens is 1. The van der Waals surface area contributed by atoms with E-state index in [2.05, 4.69) is 144 Å². The van der Waals surface area contributed by atoms with Crippen LogP contribution in [0.15, 0.2) is 174 Å². The van der Waals surface area contributed by atoms with Crippen molar-refractivity contribution in [3.05, 3.63) is 170 Å². The summed E-state index contributed by atoms with van der Waals surface area (Å²) in [5.74, 6) is 0.834. The first kappa shape index (κ1) is 26.7. The average molecular weight is 613 g/mol. The molecule has 0 aliphatic heterocycles. The molecular formula is C45H28N2O. The normalized spacial score (nSPS) is 11.8. The molecule has 0 fully saturated rings. The molecule has 2 aromatic heterocycles. The molecule has 0 amide bonds. The summed E-state index contributed by atoms with van der Waals surface area (Å²) < 4.78 is 6.29. The van der Waals surface area contributed by atoms with Crippen molar-refractivity contribution in [1.82, 2.24) is 4.98 Å². The second-order valence-corrected chi connectivity index (χ2v) is 12.3. The van der Waals surface area contributed by atoms with E-state index >= 15 is 0 Å². The van der Waals surface area contributed by atoms with Gasteiger partial charge in [-0.15, -0.1) is 0 Å². The van der Waals surface area contributed by atoms with Crippen molar-refractivity contribution in [1.29, 1.82) is 0 Å². The number of benzene rings is 7. The molecule has 0 atom stereocenters. The Kier molecular flexibility index (Phi) is 5.87. The highest BCUT2D eigenvalue weighted by Gasteiger charge is 2.23. The van der Waals surface area contributed by atoms with Gasteiger partial charge in [-0.05, 0) is 91.7 Å². The van der Waals surface area contributed by atoms with Crippen LogP contribution in [0.25, 0.3) is 77.2 Å². The van der Waals surface area contributed by atoms with Gasteiger partial charge in [-0.25, -0.2) is 4.98 Å². The Morgan fingerprint density at radius 2 is 0.958 bits per heavy atom. The Morgan fingerprint density at radius 3 is 1.73 bits per heavy atom. The zero-order chi connectivity index (χ0) is 31.6. The Labute approximate surface area is 278 Å². The lowest BCUT2D eigenvalue weighted by Gasteiger charge is -2.25. The first-order valence-corrected chi connectivity index (χ1v) is 16.3. The van der Waals surface area contributed by atoms with Crippen molar-refractivity contribution in [3.63, 3.8) is 0 Å². The molecule has 1 aliphatic rings. The molecule has 1 aliphatic carbocycles. The van der Waals surface area contributed by atoms with Gasteiger partial charge in [0.25, 0.3) is 0 Å². The molecule has 10 rings (SSSR count). The molecule has 0 bridgehead atoms. The van der Waals surface area contributed by atoms with Crippen LogP contribution in [-0.2, 0) is 0 Å². The van der Waals surface area contributed by atoms with Crippen molar-refractivity contribution >= 4 is 49.9 Å². The van der Waals surface area contributed by atoms with Crippen molar-refractivity contribution in [3.8, 4) is 44.5 Å². The Hall–Kier alpha value is -6.45. The van der Waals surface area contributed by atoms with Crippen molar-refractivity contribution in [2.24, 2.45) is 0 Å². The summed E-state index contributed by atoms with van der Waals surface area (Å²) in [7, 11) is 0. The number of para-hydroxylation sites is 1. The fourth-order valence-corrected chi connectivity index (χ4v) is 7.50. The average Bonchev–Trinajstić information content (AvgIpc) is 3.70. The summed E-state index contributed by atoms with van der Waals surface area (Å²) in [5, 5.41) is 4.66. The molecule has 48 heavy (non-hydrogen) atoms. The van der Waals surface area contributed by atoms with E-state index in [0.29, 0.717) is 0 Å². The third kappa shape index (κ3) is 4.04. The number of anilines is 3. The number of pyridine rings is 1. The molecule has 0 spiro atoms. The molecule has 224 valence electrons. The van der Waals surface area contributed by atoms with Gasteiger partial charge < -0.3 is 4.42 Å². The van der Waals surface area contributed by atoms with Gasteiger partial charge in [0.05, 0.1) is 5.39 Å². The smallest absolute Gasteiger partial charge is 0.149 e. The van der Waals surface area contributed by atoms with Gasteiger partial charge in [0.15, 0.2) is 0 Å². The van der Waals surface area contributed by atoms with Crippen LogP contribution in [-0.4, -0.2) is 4.98 Å². The van der Waals surface area contributed by atoms with E-state index in [4.69, 9.17) is 9.40 Å². The molecule has 3 nitrogen and oxygen atoms in total. The molecule has 0 unspecified atom stereocenters. The minimum atomic E-state index is 0.817. The molecule has 0 radical (unpaired) electrons. The summed E-state index contributed by atoms with van der Waals surface area (Å²) in [6, 6.07) is 58.2. The second-order valence-electron chi connectivity index (χ2n) is 12.3. The molecule has 7 aromatic carbocycles. The van der Waals surface area contributed by atoms with E-state index in [-0.39, 0.29) is 0 Å². The van der Waals surface area contributed by atoms with E-state index in [1.807, 2.05) is 30.5 Å². The zero-order valence-corrected chi connectivity index (χ0v) is 26.0. The van der Waals surface area contributed by atoms with Crippen molar-refractivity contribution in [2.75, 3.05) is 4.90 Å². The van der Waals surface area contributed by atoms with Crippen molar-refractivity contribution < 1.29 is 4.42 Å². The first-order chi connectivity index (χ1) is 23.8. The van der Waals surface area contributed by atoms with Crippen LogP contribution in [0.1, 0.15) is 0 Å². The van der Waals surface area contributed by atoms with Gasteiger partial charge >= 0.3 is 0 Å². The number of hydrogen-bond donors (Lipinski definition) is 0. The Balaban J connectivity index is 1.12. The highest BCUT2D eigenvalue weighted by molar-refractivity contribution is 6.18. The highest BCUT2D eigenvalue weighted by Crippen LogP contribution is 2.49. The number of nitrogens with zero attached hydrogens (tertiary/aromatic N) is 2. The van der Waals surface area contributed by atoms with Gasteiger partial charge in [0.2, 0.25) is 0 Å². The summed E-state index contributed by atoms with van der Waals surface area (Å²) in [6.07, 6.45) is 1.84. The van der Waals surface area contributed by atoms with E-state index < -0.39 is 0 Å². The van der Waals surface area contributed by atoms with Crippen LogP contribution in [0.5, 0.6) is 0 Å². The summed E-state index contributed by atoms with van der Waals surface area (Å²) >= 11 is 0. The van der Waals surface area contributed by atoms with Gasteiger partial charge in [-0.3, -0.25) is 4.90 Å². The Bertz CT molecular complexity index is 2620. The maximum Gasteiger partial charge on any atom is 0.149 e. The standard InChI is InChI=1S/C45H28N2O/c1-2-9-29(10-3-1)30-17-21-32(22-18-30)47(45-44-40-13-6-7-16-41(40)48-42(44)27-28-46-45)33-23-19-31(20-24-33)34-25-26-39-36-12-5-4-11-35(36)38-15-8-14-37(34)43(38)39/h1-28H. The molecule has 3 heteroatoms. The third-order valence-electron chi connectivity index (χ3n) is 9.70. The van der Waals surface area contributed by atoms with E-state index in [1.54, 1.807) is 0 Å². The molecule has 9 aromatic rings. The van der Waals surface area contributed by atoms with E-state index in [1.165, 1.54) is 55.3 Å². The number of furan rings is 1. The minimum absolute atomic E-state index is 0.817. The predicted molar refractivity (Wildman–Crippen MR) is 199 cm³/mol. The summed E-state index contributed by atoms with van der Waals surface area (Å²) in [5.41, 5.74) is 13.7. The molecular weight excluding hydrogens is 585 g/mol. The third-order valence-corrected chi connectivity index (χ3v) is 9.70. The van der Waals surface area contributed by atoms with Crippen LogP contribution in [0, 0.1) is 0 Å². The lowest BCUT2D eigenvalue weighted by atomic mass is 9.94. The zero-order valence-electron chi connectivity index (χ0n) is 26.0. The minimum Gasteiger partial charge on any atom is -0.456 e. The SMILES string of the molecule is c1ccc(-c2ccc(N(c3ccc(-c4ccc5c6c(cccc46)-c4ccccc4-5)cc3)c3nccc4oc5ccccc5c34)cc2)cc1. The fraction of sp³-hybridized carbons (Fsp3) is 0. The predicted octanol–water partition coefficient (Wildman–Crippen LogP) is 12.6. The van der Waals surface area contributed by atoms with E-state index in [9.17, 15) is 0 Å². The van der Waals surface area contributed by atoms with Gasteiger partial charge in [-0.2, -0.15) is 0 Å². The van der Waals surface area contributed by atoms with Crippen LogP contribution >= 0.6 is 0 Å². The molecule has 0 saturated carbocycles. The van der Waals surface area contributed by atoms with Crippen LogP contribution in [0.3, 0.4) is 0 Å². The molecule has 0 N–H and O–H groups in total. The largest absolute Gasteiger partial charge is 0.456 e. The first-order valence-electron chi connectivity index (χ1n) is 16.3. The molecule has 2 heterocycles. The van der Waals surface area contributed by atoms with Gasteiger partial charge in [-0.1, -0.05) is 127 Å². The molecule has 0 saturated heterocycles. The van der Waals surface area contributed by atoms with Crippen LogP contribution in [0.2, 0.25) is 0 Å². The quantitative estimate of drug-likeness (QED) is 0.194. The topological polar surface area (TPSA) is 29.3 Å². The summed E-state index contributed by atoms with van der Waals surface area (Å²) in [6.45, 7) is 0. The van der Waals surface area contributed by atoms with Crippen LogP contribution in [0.4, 0.5) is 17.2 Å². The lowest BCUT2D eigenvalue weighted by Crippen LogP contribution is -2.11. The summed E-state index contributed by atoms with van der Waals surface area (Å²) in [4.78, 5) is 7.24. The number of rotatable bonds is 5. The maximum absolute atomic E-state index is 6.29. The number of hydrogen-bond acceptors (Lipinski definition) is 3. The second kappa shape index (κ2) is 10.5.